The van der Waals surface area contributed by atoms with Crippen molar-refractivity contribution < 1.29 is 8.42 Å². The molecule has 1 N–H and O–H groups in total. The van der Waals surface area contributed by atoms with Crippen LogP contribution in [0.15, 0.2) is 0 Å². The second-order valence-corrected chi connectivity index (χ2v) is 8.06. The molecular formula is C13H27N3O2S. The van der Waals surface area contributed by atoms with Crippen molar-refractivity contribution in [3.05, 3.63) is 0 Å². The molecule has 0 aromatic heterocycles. The fraction of sp³-hybridized carbons (Fsp3) is 1.00. The van der Waals surface area contributed by atoms with Gasteiger partial charge in [-0.05, 0) is 19.4 Å². The Morgan fingerprint density at radius 1 is 1.21 bits per heavy atom. The van der Waals surface area contributed by atoms with Crippen molar-refractivity contribution >= 4 is 10.0 Å². The molecule has 0 aliphatic carbocycles. The average molecular weight is 289 g/mol. The largest absolute Gasteiger partial charge is 0.313 e. The third-order valence-corrected chi connectivity index (χ3v) is 5.94. The molecule has 0 amide bonds. The van der Waals surface area contributed by atoms with Gasteiger partial charge >= 0.3 is 0 Å². The lowest BCUT2D eigenvalue weighted by Gasteiger charge is -2.43. The first-order valence-electron chi connectivity index (χ1n) is 7.44. The summed E-state index contributed by atoms with van der Waals surface area (Å²) in [6, 6.07) is 0.792. The van der Waals surface area contributed by atoms with E-state index in [1.54, 1.807) is 4.31 Å². The van der Waals surface area contributed by atoms with E-state index in [0.29, 0.717) is 31.7 Å². The Labute approximate surface area is 117 Å². The molecule has 6 heteroatoms. The molecule has 2 aliphatic heterocycles. The van der Waals surface area contributed by atoms with Crippen LogP contribution in [0.1, 0.15) is 33.1 Å². The fourth-order valence-corrected chi connectivity index (χ4v) is 4.38. The summed E-state index contributed by atoms with van der Waals surface area (Å²) in [5.41, 5.74) is 0. The predicted octanol–water partition coefficient (Wildman–Crippen LogP) is 0.484. The van der Waals surface area contributed by atoms with E-state index in [0.717, 1.165) is 19.5 Å². The minimum absolute atomic E-state index is 0.220. The van der Waals surface area contributed by atoms with Gasteiger partial charge in [-0.3, -0.25) is 4.90 Å². The van der Waals surface area contributed by atoms with Crippen LogP contribution < -0.4 is 5.32 Å². The van der Waals surface area contributed by atoms with Gasteiger partial charge in [0.15, 0.2) is 0 Å². The minimum atomic E-state index is -3.09. The minimum Gasteiger partial charge on any atom is -0.313 e. The smallest absolute Gasteiger partial charge is 0.215 e. The Balaban J connectivity index is 1.86. The number of hydrogen-bond donors (Lipinski definition) is 1. The van der Waals surface area contributed by atoms with Gasteiger partial charge in [0.1, 0.15) is 0 Å². The number of nitrogens with zero attached hydrogens (tertiary/aromatic N) is 2. The van der Waals surface area contributed by atoms with Crippen molar-refractivity contribution in [3.8, 4) is 0 Å². The zero-order valence-corrected chi connectivity index (χ0v) is 13.0. The van der Waals surface area contributed by atoms with Crippen molar-refractivity contribution in [2.45, 2.75) is 45.2 Å². The molecule has 1 unspecified atom stereocenters. The molecule has 0 saturated carbocycles. The molecule has 2 fully saturated rings. The van der Waals surface area contributed by atoms with Gasteiger partial charge in [0.05, 0.1) is 5.75 Å². The maximum absolute atomic E-state index is 12.3. The highest BCUT2D eigenvalue weighted by atomic mass is 32.2. The van der Waals surface area contributed by atoms with E-state index in [1.165, 1.54) is 12.8 Å². The Bertz CT molecular complexity index is 383. The van der Waals surface area contributed by atoms with Crippen LogP contribution in [-0.2, 0) is 10.0 Å². The van der Waals surface area contributed by atoms with Crippen LogP contribution >= 0.6 is 0 Å². The zero-order chi connectivity index (χ0) is 13.9. The van der Waals surface area contributed by atoms with Crippen LogP contribution in [0.2, 0.25) is 0 Å². The van der Waals surface area contributed by atoms with Crippen LogP contribution in [-0.4, -0.2) is 68.2 Å². The molecule has 1 atom stereocenters. The number of rotatable bonds is 5. The van der Waals surface area contributed by atoms with Crippen molar-refractivity contribution in [2.75, 3.05) is 38.5 Å². The van der Waals surface area contributed by atoms with Crippen molar-refractivity contribution in [1.82, 2.24) is 14.5 Å². The van der Waals surface area contributed by atoms with Crippen LogP contribution in [0, 0.1) is 0 Å². The van der Waals surface area contributed by atoms with Gasteiger partial charge in [-0.25, -0.2) is 8.42 Å². The lowest BCUT2D eigenvalue weighted by atomic mass is 10.0. The highest BCUT2D eigenvalue weighted by Crippen LogP contribution is 2.22. The lowest BCUT2D eigenvalue weighted by molar-refractivity contribution is 0.0852. The Morgan fingerprint density at radius 2 is 2.00 bits per heavy atom. The third kappa shape index (κ3) is 4.15. The van der Waals surface area contributed by atoms with Crippen molar-refractivity contribution in [3.63, 3.8) is 0 Å². The van der Waals surface area contributed by atoms with E-state index in [-0.39, 0.29) is 5.75 Å². The van der Waals surface area contributed by atoms with Crippen LogP contribution in [0.5, 0.6) is 0 Å². The molecule has 2 heterocycles. The molecule has 0 bridgehead atoms. The quantitative estimate of drug-likeness (QED) is 0.800. The number of sulfonamides is 1. The standard InChI is InChI=1S/C13H27N3O2S/c1-12(2)14-6-10-19(17,18)16-9-8-15-7-4-3-5-13(15)11-16/h12-14H,3-11H2,1-2H3. The molecule has 0 aromatic rings. The zero-order valence-electron chi connectivity index (χ0n) is 12.1. The number of nitrogens with one attached hydrogen (secondary N) is 1. The van der Waals surface area contributed by atoms with Crippen molar-refractivity contribution in [2.24, 2.45) is 0 Å². The van der Waals surface area contributed by atoms with E-state index in [1.807, 2.05) is 13.8 Å². The van der Waals surface area contributed by atoms with Gasteiger partial charge in [-0.1, -0.05) is 20.3 Å². The Hall–Kier alpha value is -0.170. The maximum atomic E-state index is 12.3. The fourth-order valence-electron chi connectivity index (χ4n) is 2.99. The maximum Gasteiger partial charge on any atom is 0.215 e. The molecule has 0 aromatic carbocycles. The summed E-state index contributed by atoms with van der Waals surface area (Å²) >= 11 is 0. The molecule has 19 heavy (non-hydrogen) atoms. The summed E-state index contributed by atoms with van der Waals surface area (Å²) < 4.78 is 26.3. The molecule has 5 nitrogen and oxygen atoms in total. The average Bonchev–Trinajstić information content (AvgIpc) is 2.37. The van der Waals surface area contributed by atoms with Gasteiger partial charge < -0.3 is 5.32 Å². The summed E-state index contributed by atoms with van der Waals surface area (Å²) in [6.45, 7) is 8.03. The van der Waals surface area contributed by atoms with E-state index in [4.69, 9.17) is 0 Å². The number of hydrogen-bond acceptors (Lipinski definition) is 4. The highest BCUT2D eigenvalue weighted by molar-refractivity contribution is 7.89. The normalized spacial score (nSPS) is 26.6. The Kier molecular flexibility index (Phi) is 5.22. The van der Waals surface area contributed by atoms with Gasteiger partial charge in [0, 0.05) is 38.3 Å². The molecule has 0 spiro atoms. The summed E-state index contributed by atoms with van der Waals surface area (Å²) in [4.78, 5) is 2.46. The van der Waals surface area contributed by atoms with E-state index in [2.05, 4.69) is 10.2 Å². The van der Waals surface area contributed by atoms with Crippen LogP contribution in [0.3, 0.4) is 0 Å². The topological polar surface area (TPSA) is 52.7 Å². The second-order valence-electron chi connectivity index (χ2n) is 5.97. The summed E-state index contributed by atoms with van der Waals surface area (Å²) in [6.07, 6.45) is 3.65. The van der Waals surface area contributed by atoms with Gasteiger partial charge in [-0.2, -0.15) is 4.31 Å². The summed E-state index contributed by atoms with van der Waals surface area (Å²) in [7, 11) is -3.09. The Morgan fingerprint density at radius 3 is 2.74 bits per heavy atom. The molecular weight excluding hydrogens is 262 g/mol. The first-order chi connectivity index (χ1) is 8.99. The number of fused-ring (bicyclic) bond motifs is 1. The van der Waals surface area contributed by atoms with Crippen LogP contribution in [0.25, 0.3) is 0 Å². The number of piperidine rings is 1. The molecule has 2 saturated heterocycles. The molecule has 2 aliphatic rings. The van der Waals surface area contributed by atoms with Crippen LogP contribution in [0.4, 0.5) is 0 Å². The van der Waals surface area contributed by atoms with Crippen molar-refractivity contribution in [1.29, 1.82) is 0 Å². The van der Waals surface area contributed by atoms with Gasteiger partial charge in [0.2, 0.25) is 10.0 Å². The van der Waals surface area contributed by atoms with Gasteiger partial charge in [-0.15, -0.1) is 0 Å². The third-order valence-electron chi connectivity index (χ3n) is 4.11. The SMILES string of the molecule is CC(C)NCCS(=O)(=O)N1CCN2CCCCC2C1. The second kappa shape index (κ2) is 6.52. The highest BCUT2D eigenvalue weighted by Gasteiger charge is 2.33. The first kappa shape index (κ1) is 15.2. The summed E-state index contributed by atoms with van der Waals surface area (Å²) in [5.74, 6) is 0.220. The lowest BCUT2D eigenvalue weighted by Crippen LogP contribution is -2.56. The monoisotopic (exact) mass is 289 g/mol. The van der Waals surface area contributed by atoms with Gasteiger partial charge in [0.25, 0.3) is 0 Å². The van der Waals surface area contributed by atoms with E-state index < -0.39 is 10.0 Å². The molecule has 2 rings (SSSR count). The molecule has 0 radical (unpaired) electrons. The summed E-state index contributed by atoms with van der Waals surface area (Å²) in [5, 5.41) is 3.18. The predicted molar refractivity (Wildman–Crippen MR) is 77.7 cm³/mol. The first-order valence-corrected chi connectivity index (χ1v) is 9.05. The van der Waals surface area contributed by atoms with E-state index in [9.17, 15) is 8.42 Å². The number of piperazine rings is 1. The molecule has 112 valence electrons. The van der Waals surface area contributed by atoms with E-state index >= 15 is 0 Å².